The molecule has 0 aliphatic carbocycles. The second-order valence-electron chi connectivity index (χ2n) is 6.51. The number of hydrogen-bond donors (Lipinski definition) is 1. The highest BCUT2D eigenvalue weighted by molar-refractivity contribution is 5.81. The Balaban J connectivity index is 1.87. The van der Waals surface area contributed by atoms with Crippen LogP contribution in [0.4, 0.5) is 5.82 Å². The van der Waals surface area contributed by atoms with Crippen LogP contribution in [0.25, 0.3) is 0 Å². The fourth-order valence-corrected chi connectivity index (χ4v) is 2.44. The molecular weight excluding hydrogens is 252 g/mol. The highest BCUT2D eigenvalue weighted by Crippen LogP contribution is 2.22. The molecule has 1 aliphatic heterocycles. The summed E-state index contributed by atoms with van der Waals surface area (Å²) in [5.41, 5.74) is 0.673. The maximum atomic E-state index is 12.2. The lowest BCUT2D eigenvalue weighted by Gasteiger charge is -2.36. The predicted octanol–water partition coefficient (Wildman–Crippen LogP) is 2.23. The fourth-order valence-electron chi connectivity index (χ4n) is 2.44. The Hall–Kier alpha value is -1.65. The summed E-state index contributed by atoms with van der Waals surface area (Å²) in [6.45, 7) is 9.52. The molecule has 0 spiro atoms. The maximum absolute atomic E-state index is 12.2. The van der Waals surface area contributed by atoms with E-state index in [-0.39, 0.29) is 11.3 Å². The number of piperidine rings is 1. The second kappa shape index (κ2) is 5.77. The molecule has 20 heavy (non-hydrogen) atoms. The third-order valence-electron chi connectivity index (χ3n) is 3.58. The Labute approximate surface area is 120 Å². The van der Waals surface area contributed by atoms with Gasteiger partial charge < -0.3 is 10.2 Å². The number of hydrogen-bond acceptors (Lipinski definition) is 4. The van der Waals surface area contributed by atoms with Gasteiger partial charge in [0.1, 0.15) is 12.1 Å². The van der Waals surface area contributed by atoms with E-state index >= 15 is 0 Å². The summed E-state index contributed by atoms with van der Waals surface area (Å²) in [4.78, 5) is 22.5. The number of amides is 1. The van der Waals surface area contributed by atoms with Crippen LogP contribution in [-0.2, 0) is 4.79 Å². The zero-order valence-corrected chi connectivity index (χ0v) is 12.8. The number of likely N-dealkylation sites (tertiary alicyclic amines) is 1. The average Bonchev–Trinajstić information content (AvgIpc) is 2.38. The molecule has 110 valence electrons. The normalized spacial score (nSPS) is 17.1. The van der Waals surface area contributed by atoms with Crippen LogP contribution in [-0.4, -0.2) is 39.9 Å². The number of nitrogens with one attached hydrogen (secondary N) is 1. The minimum Gasteiger partial charge on any atom is -0.367 e. The number of rotatable bonds is 2. The topological polar surface area (TPSA) is 58.1 Å². The van der Waals surface area contributed by atoms with Crippen molar-refractivity contribution < 1.29 is 4.79 Å². The van der Waals surface area contributed by atoms with E-state index in [0.29, 0.717) is 6.04 Å². The van der Waals surface area contributed by atoms with Crippen LogP contribution in [0.15, 0.2) is 12.4 Å². The Morgan fingerprint density at radius 2 is 1.95 bits per heavy atom. The molecule has 5 nitrogen and oxygen atoms in total. The van der Waals surface area contributed by atoms with Crippen LogP contribution in [0.5, 0.6) is 0 Å². The SMILES string of the molecule is Cc1cc(NC2CCN(C(=O)C(C)(C)C)CC2)ncn1. The third kappa shape index (κ3) is 3.68. The Morgan fingerprint density at radius 3 is 2.50 bits per heavy atom. The highest BCUT2D eigenvalue weighted by Gasteiger charge is 2.30. The van der Waals surface area contributed by atoms with Crippen molar-refractivity contribution in [1.29, 1.82) is 0 Å². The largest absolute Gasteiger partial charge is 0.367 e. The standard InChI is InChI=1S/C15H24N4O/c1-11-9-13(17-10-16-11)18-12-5-7-19(8-6-12)14(20)15(2,3)4/h9-10,12H,5-8H2,1-4H3,(H,16,17,18). The zero-order chi connectivity index (χ0) is 14.8. The summed E-state index contributed by atoms with van der Waals surface area (Å²) in [7, 11) is 0. The Kier molecular flexibility index (Phi) is 4.26. The van der Waals surface area contributed by atoms with Crippen molar-refractivity contribution in [3.63, 3.8) is 0 Å². The van der Waals surface area contributed by atoms with Gasteiger partial charge in [-0.25, -0.2) is 9.97 Å². The van der Waals surface area contributed by atoms with Gasteiger partial charge in [-0.2, -0.15) is 0 Å². The molecule has 0 unspecified atom stereocenters. The van der Waals surface area contributed by atoms with Crippen molar-refractivity contribution >= 4 is 11.7 Å². The lowest BCUT2D eigenvalue weighted by Crippen LogP contribution is -2.46. The summed E-state index contributed by atoms with van der Waals surface area (Å²) in [6, 6.07) is 2.33. The van der Waals surface area contributed by atoms with Crippen LogP contribution in [0, 0.1) is 12.3 Å². The van der Waals surface area contributed by atoms with Crippen LogP contribution in [0.3, 0.4) is 0 Å². The minimum absolute atomic E-state index is 0.244. The van der Waals surface area contributed by atoms with Gasteiger partial charge in [-0.1, -0.05) is 20.8 Å². The summed E-state index contributed by atoms with van der Waals surface area (Å²) in [6.07, 6.45) is 3.51. The molecule has 1 aliphatic rings. The van der Waals surface area contributed by atoms with Crippen LogP contribution < -0.4 is 5.32 Å². The molecule has 1 amide bonds. The number of anilines is 1. The number of aromatic nitrogens is 2. The molecule has 0 radical (unpaired) electrons. The molecule has 0 bridgehead atoms. The van der Waals surface area contributed by atoms with Gasteiger partial charge in [-0.15, -0.1) is 0 Å². The molecule has 1 fully saturated rings. The third-order valence-corrected chi connectivity index (χ3v) is 3.58. The zero-order valence-electron chi connectivity index (χ0n) is 12.8. The van der Waals surface area contributed by atoms with Gasteiger partial charge in [0.2, 0.25) is 5.91 Å². The summed E-state index contributed by atoms with van der Waals surface area (Å²) in [5.74, 6) is 1.12. The predicted molar refractivity (Wildman–Crippen MR) is 79.4 cm³/mol. The van der Waals surface area contributed by atoms with Gasteiger partial charge in [-0.05, 0) is 19.8 Å². The fraction of sp³-hybridized carbons (Fsp3) is 0.667. The van der Waals surface area contributed by atoms with Crippen LogP contribution in [0.2, 0.25) is 0 Å². The van der Waals surface area contributed by atoms with Crippen molar-refractivity contribution in [2.24, 2.45) is 5.41 Å². The Bertz CT molecular complexity index is 473. The smallest absolute Gasteiger partial charge is 0.227 e. The quantitative estimate of drug-likeness (QED) is 0.900. The van der Waals surface area contributed by atoms with Gasteiger partial charge >= 0.3 is 0 Å². The molecule has 0 aromatic carbocycles. The van der Waals surface area contributed by atoms with Crippen molar-refractivity contribution in [2.75, 3.05) is 18.4 Å². The Morgan fingerprint density at radius 1 is 1.30 bits per heavy atom. The van der Waals surface area contributed by atoms with Crippen molar-refractivity contribution in [3.05, 3.63) is 18.1 Å². The highest BCUT2D eigenvalue weighted by atomic mass is 16.2. The molecular formula is C15H24N4O. The van der Waals surface area contributed by atoms with Gasteiger partial charge in [0.25, 0.3) is 0 Å². The number of aryl methyl sites for hydroxylation is 1. The molecule has 0 saturated carbocycles. The van der Waals surface area contributed by atoms with Crippen molar-refractivity contribution in [3.8, 4) is 0 Å². The number of carbonyl (C=O) groups excluding carboxylic acids is 1. The minimum atomic E-state index is -0.288. The van der Waals surface area contributed by atoms with Crippen molar-refractivity contribution in [2.45, 2.75) is 46.6 Å². The first-order valence-electron chi connectivity index (χ1n) is 7.21. The van der Waals surface area contributed by atoms with E-state index in [1.54, 1.807) is 6.33 Å². The van der Waals surface area contributed by atoms with Gasteiger partial charge in [-0.3, -0.25) is 4.79 Å². The van der Waals surface area contributed by atoms with E-state index in [4.69, 9.17) is 0 Å². The molecule has 2 rings (SSSR count). The monoisotopic (exact) mass is 276 g/mol. The van der Waals surface area contributed by atoms with Crippen LogP contribution >= 0.6 is 0 Å². The maximum Gasteiger partial charge on any atom is 0.227 e. The summed E-state index contributed by atoms with van der Waals surface area (Å²) < 4.78 is 0. The summed E-state index contributed by atoms with van der Waals surface area (Å²) >= 11 is 0. The van der Waals surface area contributed by atoms with E-state index in [0.717, 1.165) is 37.4 Å². The number of carbonyl (C=O) groups is 1. The lowest BCUT2D eigenvalue weighted by molar-refractivity contribution is -0.140. The molecule has 2 heterocycles. The molecule has 1 aromatic heterocycles. The average molecular weight is 276 g/mol. The first kappa shape index (κ1) is 14.8. The van der Waals surface area contributed by atoms with Gasteiger partial charge in [0.15, 0.2) is 0 Å². The molecule has 5 heteroatoms. The van der Waals surface area contributed by atoms with E-state index < -0.39 is 0 Å². The molecule has 1 N–H and O–H groups in total. The van der Waals surface area contributed by atoms with E-state index in [9.17, 15) is 4.79 Å². The summed E-state index contributed by atoms with van der Waals surface area (Å²) in [5, 5.41) is 3.43. The first-order chi connectivity index (χ1) is 9.36. The van der Waals surface area contributed by atoms with Gasteiger partial charge in [0, 0.05) is 36.3 Å². The van der Waals surface area contributed by atoms with Crippen molar-refractivity contribution in [1.82, 2.24) is 14.9 Å². The number of nitrogens with zero attached hydrogens (tertiary/aromatic N) is 3. The van der Waals surface area contributed by atoms with E-state index in [1.807, 2.05) is 38.7 Å². The second-order valence-corrected chi connectivity index (χ2v) is 6.51. The van der Waals surface area contributed by atoms with E-state index in [2.05, 4.69) is 15.3 Å². The van der Waals surface area contributed by atoms with E-state index in [1.165, 1.54) is 0 Å². The van der Waals surface area contributed by atoms with Gasteiger partial charge in [0.05, 0.1) is 0 Å². The molecule has 1 saturated heterocycles. The van der Waals surface area contributed by atoms with Crippen LogP contribution in [0.1, 0.15) is 39.3 Å². The molecule has 1 aromatic rings. The first-order valence-corrected chi connectivity index (χ1v) is 7.21. The lowest BCUT2D eigenvalue weighted by atomic mass is 9.93. The molecule has 0 atom stereocenters.